The van der Waals surface area contributed by atoms with Gasteiger partial charge in [-0.2, -0.15) is 0 Å². The molecular formula is C86H111NaO13SSi. The molecule has 0 radical (unpaired) electrons. The van der Waals surface area contributed by atoms with Gasteiger partial charge in [0.1, 0.15) is 43.7 Å². The molecule has 0 aliphatic carbocycles. The summed E-state index contributed by atoms with van der Waals surface area (Å²) in [6.45, 7) is 39.0. The quantitative estimate of drug-likeness (QED) is 0.0852. The molecule has 102 heavy (non-hydrogen) atoms. The van der Waals surface area contributed by atoms with Gasteiger partial charge in [-0.3, -0.25) is 0 Å². The Morgan fingerprint density at radius 1 is 0.265 bits per heavy atom. The van der Waals surface area contributed by atoms with Crippen LogP contribution in [0.15, 0.2) is 188 Å². The summed E-state index contributed by atoms with van der Waals surface area (Å²) in [5.41, 5.74) is 9.35. The summed E-state index contributed by atoms with van der Waals surface area (Å²) in [5.74, 6) is 6.86. The molecule has 16 heteroatoms. The van der Waals surface area contributed by atoms with Crippen molar-refractivity contribution in [3.8, 4) is 40.2 Å². The summed E-state index contributed by atoms with van der Waals surface area (Å²) in [6, 6.07) is 64.0. The Bertz CT molecular complexity index is 3340. The van der Waals surface area contributed by atoms with Crippen LogP contribution in [0.5, 0.6) is 40.2 Å². The molecule has 0 saturated heterocycles. The molecule has 0 bridgehead atoms. The van der Waals surface area contributed by atoms with Gasteiger partial charge in [-0.15, -0.1) is 0 Å². The molecule has 2 aliphatic heterocycles. The van der Waals surface area contributed by atoms with Gasteiger partial charge < -0.3 is 72.7 Å². The minimum Gasteiger partial charge on any atom is -0.665 e. The molecule has 2 heterocycles. The van der Waals surface area contributed by atoms with Crippen LogP contribution < -0.4 is 61.8 Å². The number of hydrogen-bond donors (Lipinski definition) is 0. The van der Waals surface area contributed by atoms with Gasteiger partial charge in [0.25, 0.3) is 0 Å². The fourth-order valence-electron chi connectivity index (χ4n) is 11.1. The summed E-state index contributed by atoms with van der Waals surface area (Å²) in [6.07, 6.45) is 0. The van der Waals surface area contributed by atoms with E-state index < -0.39 is 7.95 Å². The van der Waals surface area contributed by atoms with Crippen LogP contribution in [0.2, 0.25) is 0 Å². The van der Waals surface area contributed by atoms with Gasteiger partial charge in [0.2, 0.25) is 0 Å². The standard InChI is InChI=1S/C36H51O3SSi.2C18H22O5.2C7H8.Na/c1-22(2)28-16-13-17-29(23(3)4)34(28)37-41(40,38-35-30(24(5)6)18-14-19-31(35)25(7)8)39-36-32(26(9)10)20-15-21-33(36)27(11)12;2*1-2-4-16-14-18-17(13-15(16)3-1)22-11-9-20-7-5-19-6-8-21-10-12-23-18;2*1-7-5-3-2-4-6-7;/h13-27H,1-12H3;2*1-4,13-14H,5-12H2;2*2-6H,1H3;/q-1;;;;;+1. The molecule has 0 amide bonds. The number of ether oxygens (including phenoxy) is 10. The van der Waals surface area contributed by atoms with Gasteiger partial charge in [0.15, 0.2) is 23.0 Å². The van der Waals surface area contributed by atoms with Crippen LogP contribution in [0, 0.1) is 13.8 Å². The van der Waals surface area contributed by atoms with Gasteiger partial charge in [-0.25, -0.2) is 0 Å². The van der Waals surface area contributed by atoms with E-state index in [0.717, 1.165) is 95.2 Å². The van der Waals surface area contributed by atoms with E-state index in [0.29, 0.717) is 106 Å². The molecule has 2 aliphatic rings. The predicted molar refractivity (Wildman–Crippen MR) is 416 cm³/mol. The van der Waals surface area contributed by atoms with E-state index in [9.17, 15) is 0 Å². The van der Waals surface area contributed by atoms with Crippen LogP contribution in [0.4, 0.5) is 0 Å². The second-order valence-corrected chi connectivity index (χ2v) is 29.8. The van der Waals surface area contributed by atoms with E-state index >= 15 is 0 Å². The predicted octanol–water partition coefficient (Wildman–Crippen LogP) is 17.3. The SMILES string of the molecule is CC(C)c1cccc(C(C)C)c1O[Si]([S-])(Oc1c(C(C)C)cccc1C(C)C)Oc1c(C(C)C)cccc1C(C)C.Cc1ccccc1.Cc1ccccc1.[Na+].c1ccc2cc3c(cc2c1)OCCOCCOCCOCCO3.c1ccc2cc3c(cc2c1)OCCOCCOCCOCCO3. The third kappa shape index (κ3) is 28.1. The maximum Gasteiger partial charge on any atom is 1.00 e. The molecular weight excluding hydrogens is 1320 g/mol. The van der Waals surface area contributed by atoms with Gasteiger partial charge in [0.05, 0.1) is 79.3 Å². The number of aryl methyl sites for hydroxylation is 2. The van der Waals surface area contributed by atoms with Crippen molar-refractivity contribution in [3.63, 3.8) is 0 Å². The minimum atomic E-state index is -3.85. The van der Waals surface area contributed by atoms with E-state index in [1.807, 2.05) is 84.9 Å². The molecule has 0 atom stereocenters. The Morgan fingerprint density at radius 2 is 0.451 bits per heavy atom. The molecule has 0 N–H and O–H groups in total. The second kappa shape index (κ2) is 45.6. The van der Waals surface area contributed by atoms with Gasteiger partial charge in [-0.05, 0) is 129 Å². The molecule has 0 unspecified atom stereocenters. The van der Waals surface area contributed by atoms with Crippen LogP contribution in [-0.2, 0) is 40.5 Å². The molecule has 0 aromatic heterocycles. The van der Waals surface area contributed by atoms with Gasteiger partial charge in [-0.1, -0.05) is 258 Å². The van der Waals surface area contributed by atoms with E-state index in [2.05, 4.69) is 200 Å². The van der Waals surface area contributed by atoms with Crippen LogP contribution in [0.1, 0.15) is 163 Å². The molecule has 13 nitrogen and oxygen atoms in total. The Morgan fingerprint density at radius 3 is 0.627 bits per heavy atom. The van der Waals surface area contributed by atoms with Crippen molar-refractivity contribution in [2.45, 2.75) is 132 Å². The summed E-state index contributed by atoms with van der Waals surface area (Å²) >= 11 is 6.50. The number of para-hydroxylation sites is 3. The summed E-state index contributed by atoms with van der Waals surface area (Å²) < 4.78 is 77.2. The number of benzene rings is 9. The van der Waals surface area contributed by atoms with Crippen molar-refractivity contribution in [2.24, 2.45) is 0 Å². The van der Waals surface area contributed by atoms with Crippen molar-refractivity contribution in [2.75, 3.05) is 106 Å². The van der Waals surface area contributed by atoms with E-state index in [1.54, 1.807) is 0 Å². The number of fused-ring (bicyclic) bond motifs is 4. The third-order valence-corrected chi connectivity index (χ3v) is 18.7. The molecule has 0 spiro atoms. The largest absolute Gasteiger partial charge is 1.00 e. The van der Waals surface area contributed by atoms with Crippen LogP contribution >= 0.6 is 0 Å². The maximum absolute atomic E-state index is 7.04. The first kappa shape index (κ1) is 84.4. The fourth-order valence-corrected chi connectivity index (χ4v) is 13.4. The zero-order chi connectivity index (χ0) is 72.4. The molecule has 9 aromatic carbocycles. The fraction of sp³-hybridized carbons (Fsp3) is 0.419. The molecule has 9 aromatic rings. The van der Waals surface area contributed by atoms with E-state index in [1.165, 1.54) is 11.1 Å². The van der Waals surface area contributed by atoms with Gasteiger partial charge >= 0.3 is 37.5 Å². The first-order valence-corrected chi connectivity index (χ1v) is 38.9. The van der Waals surface area contributed by atoms with Crippen molar-refractivity contribution in [3.05, 3.63) is 233 Å². The van der Waals surface area contributed by atoms with Crippen molar-refractivity contribution >= 4 is 41.6 Å². The Kier molecular flexibility index (Phi) is 37.7. The Labute approximate surface area is 638 Å². The van der Waals surface area contributed by atoms with Crippen molar-refractivity contribution in [1.82, 2.24) is 0 Å². The van der Waals surface area contributed by atoms with Crippen LogP contribution in [-0.4, -0.2) is 114 Å². The third-order valence-electron chi connectivity index (χ3n) is 16.6. The average molecular weight is 1440 g/mol. The average Bonchev–Trinajstić information content (AvgIpc) is 0.774. The van der Waals surface area contributed by atoms with Crippen molar-refractivity contribution in [1.29, 1.82) is 0 Å². The molecule has 0 fully saturated rings. The van der Waals surface area contributed by atoms with E-state index in [4.69, 9.17) is 72.7 Å². The zero-order valence-electron chi connectivity index (χ0n) is 63.4. The Hall–Kier alpha value is -6.57. The smallest absolute Gasteiger partial charge is 0.665 e. The van der Waals surface area contributed by atoms with Crippen LogP contribution in [0.25, 0.3) is 21.5 Å². The maximum atomic E-state index is 7.04. The molecule has 11 rings (SSSR count). The first-order valence-electron chi connectivity index (χ1n) is 36.0. The number of hydrogen-bond acceptors (Lipinski definition) is 14. The molecule has 0 saturated carbocycles. The topological polar surface area (TPSA) is 120 Å². The minimum absolute atomic E-state index is 0. The Balaban J connectivity index is 0.000000227. The summed E-state index contributed by atoms with van der Waals surface area (Å²) in [7, 11) is -3.85. The van der Waals surface area contributed by atoms with Crippen LogP contribution in [0.3, 0.4) is 0 Å². The van der Waals surface area contributed by atoms with Gasteiger partial charge in [0, 0.05) is 0 Å². The summed E-state index contributed by atoms with van der Waals surface area (Å²) in [4.78, 5) is 0. The zero-order valence-corrected chi connectivity index (χ0v) is 67.2. The number of rotatable bonds is 12. The second-order valence-electron chi connectivity index (χ2n) is 26.7. The summed E-state index contributed by atoms with van der Waals surface area (Å²) in [5, 5.41) is 4.49. The molecule has 544 valence electrons. The van der Waals surface area contributed by atoms with E-state index in [-0.39, 0.29) is 65.1 Å². The first-order chi connectivity index (χ1) is 48.8. The normalized spacial score (nSPS) is 14.3. The monoisotopic (exact) mass is 1430 g/mol. The van der Waals surface area contributed by atoms with Crippen molar-refractivity contribution < 1.29 is 90.2 Å².